The van der Waals surface area contributed by atoms with E-state index in [1.165, 1.54) is 5.56 Å². The van der Waals surface area contributed by atoms with Gasteiger partial charge in [0.1, 0.15) is 5.75 Å². The van der Waals surface area contributed by atoms with E-state index in [2.05, 4.69) is 31.3 Å². The number of carbonyl (C=O) groups excluding carboxylic acids is 1. The van der Waals surface area contributed by atoms with Crippen LogP contribution in [0.15, 0.2) is 24.3 Å². The van der Waals surface area contributed by atoms with Gasteiger partial charge in [-0.15, -0.1) is 0 Å². The Bertz CT molecular complexity index is 496. The van der Waals surface area contributed by atoms with Crippen LogP contribution in [0.5, 0.6) is 5.75 Å². The molecule has 1 fully saturated rings. The van der Waals surface area contributed by atoms with Gasteiger partial charge in [0.05, 0.1) is 7.11 Å². The molecule has 1 aromatic rings. The van der Waals surface area contributed by atoms with Crippen molar-refractivity contribution >= 4 is 5.91 Å². The lowest BCUT2D eigenvalue weighted by Crippen LogP contribution is -2.38. The Labute approximate surface area is 133 Å². The van der Waals surface area contributed by atoms with E-state index in [0.29, 0.717) is 18.9 Å². The zero-order chi connectivity index (χ0) is 16.2. The molecule has 2 atom stereocenters. The van der Waals surface area contributed by atoms with Crippen molar-refractivity contribution in [1.82, 2.24) is 5.32 Å². The molecule has 0 bridgehead atoms. The largest absolute Gasteiger partial charge is 0.497 e. The zero-order valence-corrected chi connectivity index (χ0v) is 13.9. The summed E-state index contributed by atoms with van der Waals surface area (Å²) in [6, 6.07) is 8.21. The summed E-state index contributed by atoms with van der Waals surface area (Å²) in [5, 5.41) is 3.07. The quantitative estimate of drug-likeness (QED) is 0.849. The number of nitrogens with two attached hydrogens (primary N) is 1. The summed E-state index contributed by atoms with van der Waals surface area (Å²) in [5.74, 6) is 1.31. The average molecular weight is 304 g/mol. The average Bonchev–Trinajstić information content (AvgIpc) is 2.90. The molecular weight excluding hydrogens is 276 g/mol. The second kappa shape index (κ2) is 7.14. The maximum absolute atomic E-state index is 12.1. The maximum Gasteiger partial charge on any atom is 0.220 e. The molecule has 1 amide bonds. The fourth-order valence-electron chi connectivity index (χ4n) is 3.09. The first-order chi connectivity index (χ1) is 10.4. The Morgan fingerprint density at radius 3 is 2.55 bits per heavy atom. The Balaban J connectivity index is 1.86. The number of methoxy groups -OCH3 is 1. The molecule has 3 N–H and O–H groups in total. The van der Waals surface area contributed by atoms with E-state index in [9.17, 15) is 4.79 Å². The van der Waals surface area contributed by atoms with Gasteiger partial charge in [-0.3, -0.25) is 4.79 Å². The summed E-state index contributed by atoms with van der Waals surface area (Å²) in [7, 11) is 1.66. The lowest BCUT2D eigenvalue weighted by atomic mass is 9.84. The van der Waals surface area contributed by atoms with Crippen molar-refractivity contribution in [1.29, 1.82) is 0 Å². The van der Waals surface area contributed by atoms with Crippen molar-refractivity contribution in [3.05, 3.63) is 29.8 Å². The van der Waals surface area contributed by atoms with Crippen molar-refractivity contribution in [2.75, 3.05) is 13.7 Å². The summed E-state index contributed by atoms with van der Waals surface area (Å²) in [6.45, 7) is 4.90. The van der Waals surface area contributed by atoms with Gasteiger partial charge in [-0.2, -0.15) is 0 Å². The third-order valence-electron chi connectivity index (χ3n) is 4.76. The molecule has 0 aliphatic heterocycles. The van der Waals surface area contributed by atoms with Gasteiger partial charge in [0.15, 0.2) is 0 Å². The monoisotopic (exact) mass is 304 g/mol. The van der Waals surface area contributed by atoms with E-state index in [-0.39, 0.29) is 17.4 Å². The summed E-state index contributed by atoms with van der Waals surface area (Å²) in [4.78, 5) is 12.1. The molecule has 0 radical (unpaired) electrons. The number of rotatable bonds is 6. The van der Waals surface area contributed by atoms with Gasteiger partial charge < -0.3 is 15.8 Å². The van der Waals surface area contributed by atoms with Crippen LogP contribution in [0.2, 0.25) is 0 Å². The predicted octanol–water partition coefficient (Wildman–Crippen LogP) is 2.61. The molecular formula is C18H28N2O2. The molecule has 0 unspecified atom stereocenters. The van der Waals surface area contributed by atoms with E-state index < -0.39 is 0 Å². The number of hydrogen-bond acceptors (Lipinski definition) is 3. The minimum atomic E-state index is -0.111. The van der Waals surface area contributed by atoms with E-state index in [0.717, 1.165) is 25.0 Å². The van der Waals surface area contributed by atoms with E-state index in [4.69, 9.17) is 10.5 Å². The highest BCUT2D eigenvalue weighted by Gasteiger charge is 2.27. The molecule has 1 aromatic carbocycles. The smallest absolute Gasteiger partial charge is 0.220 e. The highest BCUT2D eigenvalue weighted by atomic mass is 16.5. The van der Waals surface area contributed by atoms with Gasteiger partial charge in [-0.25, -0.2) is 0 Å². The highest BCUT2D eigenvalue weighted by molar-refractivity contribution is 5.76. The van der Waals surface area contributed by atoms with Crippen LogP contribution in [0.1, 0.15) is 45.1 Å². The van der Waals surface area contributed by atoms with Crippen LogP contribution in [0.25, 0.3) is 0 Å². The number of amides is 1. The van der Waals surface area contributed by atoms with Crippen LogP contribution in [0.4, 0.5) is 0 Å². The molecule has 1 saturated carbocycles. The first kappa shape index (κ1) is 16.8. The first-order valence-corrected chi connectivity index (χ1v) is 8.09. The Morgan fingerprint density at radius 2 is 2.00 bits per heavy atom. The molecule has 122 valence electrons. The van der Waals surface area contributed by atoms with Crippen molar-refractivity contribution in [3.8, 4) is 5.75 Å². The van der Waals surface area contributed by atoms with E-state index >= 15 is 0 Å². The molecule has 22 heavy (non-hydrogen) atoms. The Kier molecular flexibility index (Phi) is 5.46. The molecule has 1 aliphatic rings. The summed E-state index contributed by atoms with van der Waals surface area (Å²) in [5.41, 5.74) is 7.11. The molecule has 0 spiro atoms. The van der Waals surface area contributed by atoms with Crippen molar-refractivity contribution < 1.29 is 9.53 Å². The van der Waals surface area contributed by atoms with E-state index in [1.807, 2.05) is 12.1 Å². The molecule has 1 aliphatic carbocycles. The van der Waals surface area contributed by atoms with Crippen molar-refractivity contribution in [2.24, 2.45) is 11.7 Å². The minimum Gasteiger partial charge on any atom is -0.497 e. The summed E-state index contributed by atoms with van der Waals surface area (Å²) >= 11 is 0. The molecule has 4 nitrogen and oxygen atoms in total. The van der Waals surface area contributed by atoms with Gasteiger partial charge >= 0.3 is 0 Å². The third kappa shape index (κ3) is 4.23. The lowest BCUT2D eigenvalue weighted by Gasteiger charge is -2.26. The standard InChI is InChI=1S/C18H28N2O2/c1-18(2,14-7-9-15(22-3)10-8-14)12-20-17(21)11-13-5-4-6-16(13)19/h7-10,13,16H,4-6,11-12,19H2,1-3H3,(H,20,21)/t13-,16+/m0/s1. The van der Waals surface area contributed by atoms with Crippen LogP contribution in [-0.4, -0.2) is 25.6 Å². The van der Waals surface area contributed by atoms with E-state index in [1.54, 1.807) is 7.11 Å². The van der Waals surface area contributed by atoms with Gasteiger partial charge in [-0.1, -0.05) is 32.4 Å². The number of nitrogens with one attached hydrogen (secondary N) is 1. The third-order valence-corrected chi connectivity index (χ3v) is 4.76. The second-order valence-corrected chi connectivity index (χ2v) is 6.95. The Morgan fingerprint density at radius 1 is 1.32 bits per heavy atom. The molecule has 0 aromatic heterocycles. The molecule has 0 saturated heterocycles. The number of carbonyl (C=O) groups is 1. The first-order valence-electron chi connectivity index (χ1n) is 8.09. The van der Waals surface area contributed by atoms with Crippen molar-refractivity contribution in [3.63, 3.8) is 0 Å². The molecule has 2 rings (SSSR count). The van der Waals surface area contributed by atoms with Gasteiger partial charge in [0.2, 0.25) is 5.91 Å². The SMILES string of the molecule is COc1ccc(C(C)(C)CNC(=O)C[C@@H]2CCC[C@H]2N)cc1. The van der Waals surface area contributed by atoms with Crippen LogP contribution in [0.3, 0.4) is 0 Å². The van der Waals surface area contributed by atoms with Crippen LogP contribution < -0.4 is 15.8 Å². The van der Waals surface area contributed by atoms with Gasteiger partial charge in [0.25, 0.3) is 0 Å². The normalized spacial score (nSPS) is 21.6. The van der Waals surface area contributed by atoms with Crippen LogP contribution >= 0.6 is 0 Å². The lowest BCUT2D eigenvalue weighted by molar-refractivity contribution is -0.122. The summed E-state index contributed by atoms with van der Waals surface area (Å²) in [6.07, 6.45) is 3.84. The Hall–Kier alpha value is -1.55. The highest BCUT2D eigenvalue weighted by Crippen LogP contribution is 2.27. The number of ether oxygens (including phenoxy) is 1. The van der Waals surface area contributed by atoms with Gasteiger partial charge in [-0.05, 0) is 36.5 Å². The number of benzene rings is 1. The number of hydrogen-bond donors (Lipinski definition) is 2. The predicted molar refractivity (Wildman–Crippen MR) is 89.0 cm³/mol. The fraction of sp³-hybridized carbons (Fsp3) is 0.611. The molecule has 4 heteroatoms. The second-order valence-electron chi connectivity index (χ2n) is 6.95. The maximum atomic E-state index is 12.1. The van der Waals surface area contributed by atoms with Crippen LogP contribution in [-0.2, 0) is 10.2 Å². The van der Waals surface area contributed by atoms with Crippen LogP contribution in [0, 0.1) is 5.92 Å². The fourth-order valence-corrected chi connectivity index (χ4v) is 3.09. The van der Waals surface area contributed by atoms with Crippen molar-refractivity contribution in [2.45, 2.75) is 51.0 Å². The molecule has 0 heterocycles. The summed E-state index contributed by atoms with van der Waals surface area (Å²) < 4.78 is 5.18. The minimum absolute atomic E-state index is 0.111. The van der Waals surface area contributed by atoms with Gasteiger partial charge in [0, 0.05) is 24.4 Å². The topological polar surface area (TPSA) is 64.3 Å². The zero-order valence-electron chi connectivity index (χ0n) is 13.9.